The summed E-state index contributed by atoms with van der Waals surface area (Å²) in [5.74, 6) is -0.114. The van der Waals surface area contributed by atoms with E-state index in [1.54, 1.807) is 21.6 Å². The lowest BCUT2D eigenvalue weighted by Gasteiger charge is -2.26. The molecule has 1 atom stereocenters. The van der Waals surface area contributed by atoms with Gasteiger partial charge in [-0.2, -0.15) is 10.2 Å². The van der Waals surface area contributed by atoms with Gasteiger partial charge >= 0.3 is 0 Å². The second-order valence-corrected chi connectivity index (χ2v) is 6.55. The van der Waals surface area contributed by atoms with Crippen molar-refractivity contribution < 1.29 is 8.78 Å². The van der Waals surface area contributed by atoms with Crippen LogP contribution in [0, 0.1) is 11.6 Å². The highest BCUT2D eigenvalue weighted by molar-refractivity contribution is 5.61. The van der Waals surface area contributed by atoms with Crippen molar-refractivity contribution in [3.63, 3.8) is 0 Å². The molecular formula is C19H16F2N6. The van der Waals surface area contributed by atoms with E-state index in [-0.39, 0.29) is 6.04 Å². The molecule has 136 valence electrons. The first-order valence-corrected chi connectivity index (χ1v) is 8.77. The molecule has 1 aliphatic rings. The largest absolute Gasteiger partial charge is 0.349 e. The Morgan fingerprint density at radius 1 is 1.07 bits per heavy atom. The van der Waals surface area contributed by atoms with Crippen LogP contribution in [0.5, 0.6) is 0 Å². The van der Waals surface area contributed by atoms with E-state index < -0.39 is 11.6 Å². The van der Waals surface area contributed by atoms with Gasteiger partial charge in [-0.15, -0.1) is 0 Å². The maximum absolute atomic E-state index is 14.3. The SMILES string of the molecule is Fc1ccc(F)c([C@H]2CCCN2c2ccn3ncc(-n4cccn4)c3n2)c1. The fourth-order valence-corrected chi connectivity index (χ4v) is 3.71. The third-order valence-electron chi connectivity index (χ3n) is 4.95. The molecule has 0 bridgehead atoms. The minimum atomic E-state index is -0.432. The zero-order valence-corrected chi connectivity index (χ0v) is 14.3. The summed E-state index contributed by atoms with van der Waals surface area (Å²) in [6.45, 7) is 0.731. The second-order valence-electron chi connectivity index (χ2n) is 6.55. The molecule has 1 saturated heterocycles. The van der Waals surface area contributed by atoms with E-state index in [4.69, 9.17) is 4.98 Å². The summed E-state index contributed by atoms with van der Waals surface area (Å²) in [5.41, 5.74) is 1.78. The Balaban J connectivity index is 1.58. The zero-order valence-electron chi connectivity index (χ0n) is 14.3. The van der Waals surface area contributed by atoms with Gasteiger partial charge in [0.05, 0.1) is 12.2 Å². The van der Waals surface area contributed by atoms with Gasteiger partial charge in [0.1, 0.15) is 23.1 Å². The lowest BCUT2D eigenvalue weighted by Crippen LogP contribution is -2.24. The molecular weight excluding hydrogens is 350 g/mol. The van der Waals surface area contributed by atoms with Gasteiger partial charge in [-0.3, -0.25) is 0 Å². The monoisotopic (exact) mass is 366 g/mol. The Hall–Kier alpha value is -3.29. The first-order chi connectivity index (χ1) is 13.2. The number of hydrogen-bond acceptors (Lipinski definition) is 4. The van der Waals surface area contributed by atoms with E-state index in [0.29, 0.717) is 17.0 Å². The first kappa shape index (κ1) is 15.9. The van der Waals surface area contributed by atoms with E-state index in [0.717, 1.165) is 31.1 Å². The molecule has 1 fully saturated rings. The standard InChI is InChI=1S/C19H16F2N6/c20-13-4-5-15(21)14(11-13)16-3-1-8-25(16)18-6-10-27-19(24-18)17(12-23-27)26-9-2-7-22-26/h2,4-7,9-12,16H,1,3,8H2/t16-/m1/s1. The van der Waals surface area contributed by atoms with Crippen LogP contribution in [0.3, 0.4) is 0 Å². The number of hydrogen-bond donors (Lipinski definition) is 0. The van der Waals surface area contributed by atoms with Crippen LogP contribution in [-0.4, -0.2) is 30.9 Å². The molecule has 0 radical (unpaired) electrons. The molecule has 0 saturated carbocycles. The molecule has 1 aromatic carbocycles. The van der Waals surface area contributed by atoms with Crippen molar-refractivity contribution in [2.45, 2.75) is 18.9 Å². The second kappa shape index (κ2) is 6.15. The average molecular weight is 366 g/mol. The van der Waals surface area contributed by atoms with Crippen LogP contribution in [0.1, 0.15) is 24.4 Å². The number of nitrogens with zero attached hydrogens (tertiary/aromatic N) is 6. The predicted octanol–water partition coefficient (Wildman–Crippen LogP) is 3.53. The maximum Gasteiger partial charge on any atom is 0.183 e. The quantitative estimate of drug-likeness (QED) is 0.557. The Morgan fingerprint density at radius 2 is 2.00 bits per heavy atom. The molecule has 1 aliphatic heterocycles. The summed E-state index contributed by atoms with van der Waals surface area (Å²) in [4.78, 5) is 6.78. The number of rotatable bonds is 3. The number of anilines is 1. The average Bonchev–Trinajstić information content (AvgIpc) is 3.42. The van der Waals surface area contributed by atoms with E-state index in [1.165, 1.54) is 12.1 Å². The maximum atomic E-state index is 14.3. The topological polar surface area (TPSA) is 51.2 Å². The summed E-state index contributed by atoms with van der Waals surface area (Å²) in [6.07, 6.45) is 8.68. The van der Waals surface area contributed by atoms with E-state index in [9.17, 15) is 8.78 Å². The molecule has 8 heteroatoms. The van der Waals surface area contributed by atoms with Crippen LogP contribution in [0.15, 0.2) is 55.1 Å². The lowest BCUT2D eigenvalue weighted by molar-refractivity contribution is 0.560. The number of fused-ring (bicyclic) bond motifs is 1. The highest BCUT2D eigenvalue weighted by Gasteiger charge is 2.30. The Bertz CT molecular complexity index is 1100. The molecule has 0 spiro atoms. The van der Waals surface area contributed by atoms with Gasteiger partial charge in [-0.25, -0.2) is 23.0 Å². The smallest absolute Gasteiger partial charge is 0.183 e. The third kappa shape index (κ3) is 2.64. The molecule has 4 aromatic rings. The zero-order chi connectivity index (χ0) is 18.4. The van der Waals surface area contributed by atoms with E-state index in [1.807, 2.05) is 29.4 Å². The molecule has 27 heavy (non-hydrogen) atoms. The van der Waals surface area contributed by atoms with Crippen LogP contribution in [0.2, 0.25) is 0 Å². The van der Waals surface area contributed by atoms with Crippen molar-refractivity contribution in [2.24, 2.45) is 0 Å². The molecule has 6 nitrogen and oxygen atoms in total. The molecule has 0 unspecified atom stereocenters. The summed E-state index contributed by atoms with van der Waals surface area (Å²) < 4.78 is 31.4. The fraction of sp³-hybridized carbons (Fsp3) is 0.211. The Labute approximate surface area is 153 Å². The number of benzene rings is 1. The first-order valence-electron chi connectivity index (χ1n) is 8.77. The molecule has 0 amide bonds. The minimum Gasteiger partial charge on any atom is -0.349 e. The fourth-order valence-electron chi connectivity index (χ4n) is 3.71. The number of halogens is 2. The molecule has 3 aromatic heterocycles. The van der Waals surface area contributed by atoms with Crippen LogP contribution >= 0.6 is 0 Å². The summed E-state index contributed by atoms with van der Waals surface area (Å²) in [7, 11) is 0. The van der Waals surface area contributed by atoms with E-state index >= 15 is 0 Å². The van der Waals surface area contributed by atoms with Gasteiger partial charge in [0.15, 0.2) is 5.65 Å². The van der Waals surface area contributed by atoms with Gasteiger partial charge in [0.2, 0.25) is 0 Å². The molecule has 0 N–H and O–H groups in total. The van der Waals surface area contributed by atoms with Crippen molar-refractivity contribution >= 4 is 11.5 Å². The minimum absolute atomic E-state index is 0.244. The highest BCUT2D eigenvalue weighted by atomic mass is 19.1. The predicted molar refractivity (Wildman–Crippen MR) is 95.8 cm³/mol. The van der Waals surface area contributed by atoms with E-state index in [2.05, 4.69) is 10.2 Å². The van der Waals surface area contributed by atoms with Gasteiger partial charge in [-0.05, 0) is 43.2 Å². The van der Waals surface area contributed by atoms with Crippen LogP contribution in [0.25, 0.3) is 11.3 Å². The highest BCUT2D eigenvalue weighted by Crippen LogP contribution is 2.37. The van der Waals surface area contributed by atoms with Gasteiger partial charge < -0.3 is 4.90 Å². The molecule has 4 heterocycles. The van der Waals surface area contributed by atoms with Crippen molar-refractivity contribution in [1.29, 1.82) is 0 Å². The molecule has 5 rings (SSSR count). The van der Waals surface area contributed by atoms with Crippen molar-refractivity contribution in [1.82, 2.24) is 24.4 Å². The summed E-state index contributed by atoms with van der Waals surface area (Å²) in [5, 5.41) is 8.55. The summed E-state index contributed by atoms with van der Waals surface area (Å²) in [6, 6.07) is 7.05. The van der Waals surface area contributed by atoms with Crippen LogP contribution < -0.4 is 4.90 Å². The Morgan fingerprint density at radius 3 is 2.85 bits per heavy atom. The van der Waals surface area contributed by atoms with Crippen molar-refractivity contribution in [3.05, 3.63) is 72.3 Å². The van der Waals surface area contributed by atoms with Crippen molar-refractivity contribution in [3.8, 4) is 5.69 Å². The van der Waals surface area contributed by atoms with Gasteiger partial charge in [-0.1, -0.05) is 0 Å². The van der Waals surface area contributed by atoms with Crippen LogP contribution in [-0.2, 0) is 0 Å². The molecule has 0 aliphatic carbocycles. The van der Waals surface area contributed by atoms with Crippen molar-refractivity contribution in [2.75, 3.05) is 11.4 Å². The third-order valence-corrected chi connectivity index (χ3v) is 4.95. The summed E-state index contributed by atoms with van der Waals surface area (Å²) >= 11 is 0. The van der Waals surface area contributed by atoms with Gasteiger partial charge in [0, 0.05) is 30.7 Å². The lowest BCUT2D eigenvalue weighted by atomic mass is 10.0. The van der Waals surface area contributed by atoms with Gasteiger partial charge in [0.25, 0.3) is 0 Å². The van der Waals surface area contributed by atoms with Crippen LogP contribution in [0.4, 0.5) is 14.6 Å². The normalized spacial score (nSPS) is 17.1. The number of aromatic nitrogens is 5. The Kier molecular flexibility index (Phi) is 3.63.